The van der Waals surface area contributed by atoms with E-state index in [-0.39, 0.29) is 0 Å². The van der Waals surface area contributed by atoms with Crippen LogP contribution < -0.4 is 9.80 Å². The maximum absolute atomic E-state index is 7.44. The van der Waals surface area contributed by atoms with Gasteiger partial charge in [0.2, 0.25) is 0 Å². The highest BCUT2D eigenvalue weighted by molar-refractivity contribution is 6.21. The van der Waals surface area contributed by atoms with E-state index in [1.807, 2.05) is 42.9 Å². The van der Waals surface area contributed by atoms with E-state index in [0.29, 0.717) is 0 Å². The molecule has 1 spiro atoms. The number of anilines is 6. The van der Waals surface area contributed by atoms with Gasteiger partial charge < -0.3 is 14.2 Å². The Morgan fingerprint density at radius 3 is 1.53 bits per heavy atom. The molecule has 2 aliphatic rings. The van der Waals surface area contributed by atoms with Crippen LogP contribution in [0.4, 0.5) is 34.1 Å². The predicted octanol–water partition coefficient (Wildman–Crippen LogP) is 17.6. The van der Waals surface area contributed by atoms with E-state index in [4.69, 9.17) is 14.4 Å². The second-order valence-corrected chi connectivity index (χ2v) is 19.8. The molecule has 4 heterocycles. The van der Waals surface area contributed by atoms with Crippen LogP contribution in [0.15, 0.2) is 229 Å². The van der Waals surface area contributed by atoms with Gasteiger partial charge in [0.1, 0.15) is 5.58 Å². The third-order valence-electron chi connectivity index (χ3n) is 15.7. The summed E-state index contributed by atoms with van der Waals surface area (Å²) in [7, 11) is 0. The van der Waals surface area contributed by atoms with Crippen molar-refractivity contribution in [3.8, 4) is 44.8 Å². The molecule has 0 saturated heterocycles. The summed E-state index contributed by atoms with van der Waals surface area (Å²) in [6.45, 7) is 8.73. The summed E-state index contributed by atoms with van der Waals surface area (Å²) in [6.07, 6.45) is 5.65. The molecule has 4 aromatic heterocycles. The minimum absolute atomic E-state index is 0.720. The van der Waals surface area contributed by atoms with Crippen LogP contribution in [0.5, 0.6) is 0 Å². The standard InChI is InChI=1S/C68H49N5O/c1-42-21-27-50(38-44(42)3)72(48-29-23-46(24-30-48)60-19-9-11-35-69-60)52-33-34-63-56(40-52)65-64-55-15-6-8-18-58(55)68(57-17-7-5-14-53(57)54-16-13-37-71-67(54)68)59(64)41-62(66(65)74-63)73(51-28-22-43(2)45(4)39-51)49-31-25-47(26-32-49)61-20-10-12-36-70-61/h5-41H,1-4H3. The van der Waals surface area contributed by atoms with Gasteiger partial charge >= 0.3 is 0 Å². The SMILES string of the molecule is Cc1ccc(N(c2ccc(-c3ccccn3)cc2)c2ccc3oc4c(N(c5ccc(-c6ccccn6)cc5)c5ccc(C)c(C)c5)cc5c(c4c3c2)-c2ccccc2C52c3ccccc3-c3cccnc32)cc1C. The van der Waals surface area contributed by atoms with Crippen LogP contribution in [0.2, 0.25) is 0 Å². The topological polar surface area (TPSA) is 58.3 Å². The quantitative estimate of drug-likeness (QED) is 0.151. The summed E-state index contributed by atoms with van der Waals surface area (Å²) in [4.78, 5) is 19.5. The average molecular weight is 952 g/mol. The Morgan fingerprint density at radius 1 is 0.392 bits per heavy atom. The molecule has 14 rings (SSSR count). The van der Waals surface area contributed by atoms with Crippen LogP contribution in [0, 0.1) is 27.7 Å². The van der Waals surface area contributed by atoms with Crippen LogP contribution in [-0.4, -0.2) is 15.0 Å². The summed E-state index contributed by atoms with van der Waals surface area (Å²) in [5, 5.41) is 2.09. The predicted molar refractivity (Wildman–Crippen MR) is 303 cm³/mol. The zero-order chi connectivity index (χ0) is 49.7. The summed E-state index contributed by atoms with van der Waals surface area (Å²) in [6, 6.07) is 74.5. The lowest BCUT2D eigenvalue weighted by atomic mass is 9.72. The van der Waals surface area contributed by atoms with Crippen LogP contribution in [0.25, 0.3) is 66.7 Å². The van der Waals surface area contributed by atoms with E-state index in [0.717, 1.165) is 95.4 Å². The molecule has 0 radical (unpaired) electrons. The smallest absolute Gasteiger partial charge is 0.160 e. The number of furan rings is 1. The minimum atomic E-state index is -0.720. The highest BCUT2D eigenvalue weighted by Crippen LogP contribution is 2.65. The minimum Gasteiger partial charge on any atom is -0.454 e. The van der Waals surface area contributed by atoms with Crippen molar-refractivity contribution in [1.82, 2.24) is 15.0 Å². The van der Waals surface area contributed by atoms with E-state index < -0.39 is 5.41 Å². The summed E-state index contributed by atoms with van der Waals surface area (Å²) >= 11 is 0. The van der Waals surface area contributed by atoms with Crippen LogP contribution in [-0.2, 0) is 5.41 Å². The maximum Gasteiger partial charge on any atom is 0.160 e. The zero-order valence-corrected chi connectivity index (χ0v) is 41.5. The lowest BCUT2D eigenvalue weighted by molar-refractivity contribution is 0.668. The zero-order valence-electron chi connectivity index (χ0n) is 41.5. The number of hydrogen-bond acceptors (Lipinski definition) is 6. The number of nitrogens with zero attached hydrogens (tertiary/aromatic N) is 5. The van der Waals surface area contributed by atoms with Crippen LogP contribution in [0.1, 0.15) is 44.6 Å². The summed E-state index contributed by atoms with van der Waals surface area (Å²) in [5.74, 6) is 0. The van der Waals surface area contributed by atoms with Gasteiger partial charge in [-0.1, -0.05) is 103 Å². The van der Waals surface area contributed by atoms with E-state index in [2.05, 4.69) is 224 Å². The molecule has 8 aromatic carbocycles. The molecule has 0 fully saturated rings. The van der Waals surface area contributed by atoms with Crippen molar-refractivity contribution < 1.29 is 4.42 Å². The van der Waals surface area contributed by atoms with Crippen LogP contribution in [0.3, 0.4) is 0 Å². The summed E-state index contributed by atoms with van der Waals surface area (Å²) in [5.41, 5.74) is 25.2. The average Bonchev–Trinajstić information content (AvgIpc) is 4.18. The van der Waals surface area contributed by atoms with E-state index in [9.17, 15) is 0 Å². The van der Waals surface area contributed by atoms with Gasteiger partial charge in [-0.25, -0.2) is 0 Å². The van der Waals surface area contributed by atoms with Crippen molar-refractivity contribution in [1.29, 1.82) is 0 Å². The van der Waals surface area contributed by atoms with Crippen molar-refractivity contribution in [2.24, 2.45) is 0 Å². The van der Waals surface area contributed by atoms with Gasteiger partial charge in [-0.2, -0.15) is 0 Å². The number of hydrogen-bond donors (Lipinski definition) is 0. The largest absolute Gasteiger partial charge is 0.454 e. The first-order valence-electron chi connectivity index (χ1n) is 25.3. The molecule has 74 heavy (non-hydrogen) atoms. The Balaban J connectivity index is 1.09. The normalized spacial score (nSPS) is 14.0. The lowest BCUT2D eigenvalue weighted by Crippen LogP contribution is -2.27. The van der Waals surface area contributed by atoms with Gasteiger partial charge in [-0.3, -0.25) is 15.0 Å². The Kier molecular flexibility index (Phi) is 9.89. The molecule has 0 saturated carbocycles. The highest BCUT2D eigenvalue weighted by Gasteiger charge is 2.54. The van der Waals surface area contributed by atoms with Gasteiger partial charge in [0.05, 0.1) is 28.2 Å². The van der Waals surface area contributed by atoms with Gasteiger partial charge in [0, 0.05) is 74.5 Å². The molecule has 352 valence electrons. The Bertz CT molecular complexity index is 4140. The number of benzene rings is 8. The Labute approximate surface area is 430 Å². The summed E-state index contributed by atoms with van der Waals surface area (Å²) < 4.78 is 7.44. The molecule has 6 heteroatoms. The molecular weight excluding hydrogens is 903 g/mol. The van der Waals surface area contributed by atoms with Gasteiger partial charge in [0.15, 0.2) is 5.58 Å². The van der Waals surface area contributed by atoms with E-state index >= 15 is 0 Å². The number of aromatic nitrogens is 3. The second kappa shape index (κ2) is 16.9. The monoisotopic (exact) mass is 951 g/mol. The molecule has 0 amide bonds. The van der Waals surface area contributed by atoms with Crippen LogP contribution >= 0.6 is 0 Å². The number of pyridine rings is 3. The number of fused-ring (bicyclic) bond motifs is 14. The van der Waals surface area contributed by atoms with Crippen molar-refractivity contribution in [2.75, 3.05) is 9.80 Å². The first-order valence-corrected chi connectivity index (χ1v) is 25.3. The van der Waals surface area contributed by atoms with Gasteiger partial charge in [-0.15, -0.1) is 0 Å². The van der Waals surface area contributed by atoms with Crippen molar-refractivity contribution in [3.05, 3.63) is 269 Å². The molecule has 0 aliphatic heterocycles. The maximum atomic E-state index is 7.44. The number of rotatable bonds is 8. The fraction of sp³-hybridized carbons (Fsp3) is 0.0735. The molecule has 0 N–H and O–H groups in total. The first-order chi connectivity index (χ1) is 36.3. The molecule has 6 nitrogen and oxygen atoms in total. The van der Waals surface area contributed by atoms with Crippen molar-refractivity contribution in [2.45, 2.75) is 33.1 Å². The Morgan fingerprint density at radius 2 is 0.905 bits per heavy atom. The second-order valence-electron chi connectivity index (χ2n) is 19.8. The fourth-order valence-electron chi connectivity index (χ4n) is 11.8. The van der Waals surface area contributed by atoms with E-state index in [1.54, 1.807) is 0 Å². The van der Waals surface area contributed by atoms with Gasteiger partial charge in [0.25, 0.3) is 0 Å². The highest BCUT2D eigenvalue weighted by atomic mass is 16.3. The molecule has 1 atom stereocenters. The number of aryl methyl sites for hydroxylation is 4. The van der Waals surface area contributed by atoms with E-state index in [1.165, 1.54) is 50.1 Å². The molecule has 2 aliphatic carbocycles. The molecular formula is C68H49N5O. The lowest BCUT2D eigenvalue weighted by Gasteiger charge is -2.31. The van der Waals surface area contributed by atoms with Crippen molar-refractivity contribution >= 4 is 56.1 Å². The molecule has 12 aromatic rings. The molecule has 0 bridgehead atoms. The third-order valence-corrected chi connectivity index (χ3v) is 15.7. The molecule has 1 unspecified atom stereocenters. The third kappa shape index (κ3) is 6.54. The fourth-order valence-corrected chi connectivity index (χ4v) is 11.8. The first kappa shape index (κ1) is 43.4. The van der Waals surface area contributed by atoms with Crippen molar-refractivity contribution in [3.63, 3.8) is 0 Å². The Hall–Kier alpha value is -9.39. The van der Waals surface area contributed by atoms with Gasteiger partial charge in [-0.05, 0) is 186 Å².